The number of nitrogens with one attached hydrogen (secondary N) is 1. The summed E-state index contributed by atoms with van der Waals surface area (Å²) in [6.07, 6.45) is 1.04. The maximum atomic E-state index is 14.9. The number of aryl methyl sites for hydroxylation is 1. The lowest BCUT2D eigenvalue weighted by molar-refractivity contribution is -0.140. The number of benzene rings is 3. The fourth-order valence-electron chi connectivity index (χ4n) is 4.07. The Morgan fingerprint density at radius 1 is 0.921 bits per heavy atom. The van der Waals surface area contributed by atoms with Gasteiger partial charge in [-0.1, -0.05) is 74.0 Å². The Balaban J connectivity index is 2.05. The first-order chi connectivity index (χ1) is 18.2. The number of rotatable bonds is 12. The van der Waals surface area contributed by atoms with E-state index < -0.39 is 34.3 Å². The van der Waals surface area contributed by atoms with Crippen LogP contribution in [0.3, 0.4) is 0 Å². The molecule has 3 rings (SSSR count). The minimum atomic E-state index is -4.32. The smallest absolute Gasteiger partial charge is 0.264 e. The summed E-state index contributed by atoms with van der Waals surface area (Å²) in [6, 6.07) is 19.9. The molecule has 38 heavy (non-hydrogen) atoms. The molecule has 1 atom stereocenters. The summed E-state index contributed by atoms with van der Waals surface area (Å²) in [5.74, 6) is -1.72. The molecule has 1 N–H and O–H groups in total. The number of amides is 2. The molecule has 202 valence electrons. The van der Waals surface area contributed by atoms with Crippen LogP contribution in [0.25, 0.3) is 0 Å². The van der Waals surface area contributed by atoms with E-state index in [0.29, 0.717) is 13.0 Å². The zero-order valence-corrected chi connectivity index (χ0v) is 22.7. The van der Waals surface area contributed by atoms with Crippen molar-refractivity contribution in [1.82, 2.24) is 10.2 Å². The van der Waals surface area contributed by atoms with Gasteiger partial charge in [0, 0.05) is 13.1 Å². The van der Waals surface area contributed by atoms with Crippen LogP contribution >= 0.6 is 0 Å². The Morgan fingerprint density at radius 2 is 1.55 bits per heavy atom. The van der Waals surface area contributed by atoms with E-state index in [2.05, 4.69) is 5.32 Å². The molecule has 0 unspecified atom stereocenters. The van der Waals surface area contributed by atoms with Crippen molar-refractivity contribution in [3.63, 3.8) is 0 Å². The second-order valence-electron chi connectivity index (χ2n) is 9.00. The number of halogens is 1. The lowest BCUT2D eigenvalue weighted by Crippen LogP contribution is -2.52. The molecule has 9 heteroatoms. The van der Waals surface area contributed by atoms with Gasteiger partial charge in [0.05, 0.1) is 10.6 Å². The first-order valence-electron chi connectivity index (χ1n) is 12.6. The van der Waals surface area contributed by atoms with Crippen molar-refractivity contribution >= 4 is 27.5 Å². The van der Waals surface area contributed by atoms with Crippen LogP contribution in [0, 0.1) is 12.7 Å². The van der Waals surface area contributed by atoms with E-state index in [-0.39, 0.29) is 23.0 Å². The Bertz CT molecular complexity index is 1330. The molecular weight excluding hydrogens is 505 g/mol. The molecule has 0 saturated carbocycles. The molecule has 3 aromatic carbocycles. The van der Waals surface area contributed by atoms with E-state index in [9.17, 15) is 22.4 Å². The Morgan fingerprint density at radius 3 is 2.16 bits per heavy atom. The average Bonchev–Trinajstić information content (AvgIpc) is 2.91. The summed E-state index contributed by atoms with van der Waals surface area (Å²) in [5, 5.41) is 2.84. The zero-order valence-electron chi connectivity index (χ0n) is 21.9. The Kier molecular flexibility index (Phi) is 10.0. The number of hydrogen-bond donors (Lipinski definition) is 1. The van der Waals surface area contributed by atoms with Crippen LogP contribution in [0.4, 0.5) is 10.1 Å². The molecule has 0 bridgehead atoms. The molecule has 3 aromatic rings. The highest BCUT2D eigenvalue weighted by molar-refractivity contribution is 7.92. The number of carbonyl (C=O) groups is 2. The van der Waals surface area contributed by atoms with Gasteiger partial charge in [0.1, 0.15) is 18.4 Å². The van der Waals surface area contributed by atoms with E-state index in [1.54, 1.807) is 19.1 Å². The molecule has 0 radical (unpaired) electrons. The van der Waals surface area contributed by atoms with Crippen LogP contribution in [0.15, 0.2) is 83.8 Å². The van der Waals surface area contributed by atoms with Crippen LogP contribution in [-0.2, 0) is 26.2 Å². The van der Waals surface area contributed by atoms with Crippen LogP contribution in [0.2, 0.25) is 0 Å². The molecule has 0 aliphatic rings. The highest BCUT2D eigenvalue weighted by Crippen LogP contribution is 2.27. The monoisotopic (exact) mass is 539 g/mol. The SMILES string of the molecule is CCCNC(=O)[C@@H](CC)N(Cc1ccccc1)C(=O)CN(c1ccccc1F)S(=O)(=O)c1ccc(C)cc1. The third-order valence-corrected chi connectivity index (χ3v) is 7.91. The molecule has 0 spiro atoms. The van der Waals surface area contributed by atoms with E-state index in [1.807, 2.05) is 44.2 Å². The first-order valence-corrected chi connectivity index (χ1v) is 14.1. The molecule has 0 aromatic heterocycles. The van der Waals surface area contributed by atoms with Crippen LogP contribution in [0.1, 0.15) is 37.8 Å². The molecule has 2 amide bonds. The van der Waals surface area contributed by atoms with Crippen molar-refractivity contribution < 1.29 is 22.4 Å². The first kappa shape index (κ1) is 28.8. The van der Waals surface area contributed by atoms with Gasteiger partial charge in [-0.25, -0.2) is 12.8 Å². The highest BCUT2D eigenvalue weighted by Gasteiger charge is 2.34. The third kappa shape index (κ3) is 6.98. The fraction of sp³-hybridized carbons (Fsp3) is 0.310. The van der Waals surface area contributed by atoms with Gasteiger partial charge < -0.3 is 10.2 Å². The standard InChI is InChI=1S/C29H34FN3O4S/c1-4-19-31-29(35)26(5-2)32(20-23-11-7-6-8-12-23)28(34)21-33(27-14-10-9-13-25(27)30)38(36,37)24-17-15-22(3)16-18-24/h6-18,26H,4-5,19-21H2,1-3H3,(H,31,35)/t26-/m1/s1. The Labute approximate surface area is 224 Å². The topological polar surface area (TPSA) is 86.8 Å². The summed E-state index contributed by atoms with van der Waals surface area (Å²) in [4.78, 5) is 28.2. The summed E-state index contributed by atoms with van der Waals surface area (Å²) in [5.41, 5.74) is 1.39. The largest absolute Gasteiger partial charge is 0.354 e. The number of anilines is 1. The van der Waals surface area contributed by atoms with Crippen LogP contribution in [-0.4, -0.2) is 44.3 Å². The summed E-state index contributed by atoms with van der Waals surface area (Å²) < 4.78 is 43.2. The summed E-state index contributed by atoms with van der Waals surface area (Å²) in [7, 11) is -4.32. The number of nitrogens with zero attached hydrogens (tertiary/aromatic N) is 2. The number of carbonyl (C=O) groups excluding carboxylic acids is 2. The maximum absolute atomic E-state index is 14.9. The van der Waals surface area contributed by atoms with E-state index >= 15 is 0 Å². The maximum Gasteiger partial charge on any atom is 0.264 e. The molecule has 0 fully saturated rings. The van der Waals surface area contributed by atoms with E-state index in [4.69, 9.17) is 0 Å². The predicted octanol–water partition coefficient (Wildman–Crippen LogP) is 4.66. The van der Waals surface area contributed by atoms with Gasteiger partial charge in [0.25, 0.3) is 10.0 Å². The normalized spacial score (nSPS) is 12.0. The molecule has 0 saturated heterocycles. The third-order valence-electron chi connectivity index (χ3n) is 6.14. The quantitative estimate of drug-likeness (QED) is 0.363. The van der Waals surface area contributed by atoms with E-state index in [1.165, 1.54) is 35.2 Å². The van der Waals surface area contributed by atoms with Crippen molar-refractivity contribution in [2.24, 2.45) is 0 Å². The molecule has 0 heterocycles. The van der Waals surface area contributed by atoms with Gasteiger partial charge in [0.2, 0.25) is 11.8 Å². The molecule has 7 nitrogen and oxygen atoms in total. The van der Waals surface area contributed by atoms with Gasteiger partial charge in [-0.05, 0) is 49.6 Å². The number of sulfonamides is 1. The second kappa shape index (κ2) is 13.2. The van der Waals surface area contributed by atoms with Gasteiger partial charge in [-0.2, -0.15) is 0 Å². The van der Waals surface area contributed by atoms with Crippen molar-refractivity contribution in [2.75, 3.05) is 17.4 Å². The van der Waals surface area contributed by atoms with Crippen LogP contribution < -0.4 is 9.62 Å². The van der Waals surface area contributed by atoms with Crippen molar-refractivity contribution in [2.45, 2.75) is 51.1 Å². The highest BCUT2D eigenvalue weighted by atomic mass is 32.2. The predicted molar refractivity (Wildman–Crippen MR) is 146 cm³/mol. The minimum absolute atomic E-state index is 0.0681. The lowest BCUT2D eigenvalue weighted by Gasteiger charge is -2.33. The van der Waals surface area contributed by atoms with Crippen molar-refractivity contribution in [3.8, 4) is 0 Å². The number of para-hydroxylation sites is 1. The van der Waals surface area contributed by atoms with Crippen LogP contribution in [0.5, 0.6) is 0 Å². The van der Waals surface area contributed by atoms with Gasteiger partial charge in [-0.3, -0.25) is 13.9 Å². The average molecular weight is 540 g/mol. The second-order valence-corrected chi connectivity index (χ2v) is 10.9. The number of hydrogen-bond acceptors (Lipinski definition) is 4. The minimum Gasteiger partial charge on any atom is -0.354 e. The van der Waals surface area contributed by atoms with Gasteiger partial charge in [-0.15, -0.1) is 0 Å². The van der Waals surface area contributed by atoms with Crippen molar-refractivity contribution in [1.29, 1.82) is 0 Å². The fourth-order valence-corrected chi connectivity index (χ4v) is 5.49. The van der Waals surface area contributed by atoms with Gasteiger partial charge >= 0.3 is 0 Å². The summed E-state index contributed by atoms with van der Waals surface area (Å²) in [6.45, 7) is 5.40. The summed E-state index contributed by atoms with van der Waals surface area (Å²) >= 11 is 0. The zero-order chi connectivity index (χ0) is 27.7. The molecule has 0 aliphatic carbocycles. The van der Waals surface area contributed by atoms with Crippen molar-refractivity contribution in [3.05, 3.63) is 95.8 Å². The molecule has 0 aliphatic heterocycles. The lowest BCUT2D eigenvalue weighted by atomic mass is 10.1. The van der Waals surface area contributed by atoms with Gasteiger partial charge in [0.15, 0.2) is 0 Å². The molecular formula is C29H34FN3O4S. The van der Waals surface area contributed by atoms with E-state index in [0.717, 1.165) is 27.9 Å². The Hall–Kier alpha value is -3.72.